The van der Waals surface area contributed by atoms with Gasteiger partial charge in [0.15, 0.2) is 5.75 Å². The van der Waals surface area contributed by atoms with E-state index in [2.05, 4.69) is 5.10 Å². The maximum absolute atomic E-state index is 13.9. The van der Waals surface area contributed by atoms with Gasteiger partial charge in [0.25, 0.3) is 0 Å². The highest BCUT2D eigenvalue weighted by Crippen LogP contribution is 2.46. The lowest BCUT2D eigenvalue weighted by molar-refractivity contribution is -0.143. The third-order valence-corrected chi connectivity index (χ3v) is 5.46. The van der Waals surface area contributed by atoms with E-state index in [0.717, 1.165) is 30.3 Å². The second-order valence-electron chi connectivity index (χ2n) is 7.28. The molecule has 0 aliphatic rings. The highest BCUT2D eigenvalue weighted by molar-refractivity contribution is 7.98. The van der Waals surface area contributed by atoms with Crippen molar-refractivity contribution in [3.05, 3.63) is 65.7 Å². The topological polar surface area (TPSA) is 47.4 Å². The summed E-state index contributed by atoms with van der Waals surface area (Å²) in [6, 6.07) is 4.78. The molecule has 1 heterocycles. The van der Waals surface area contributed by atoms with Crippen molar-refractivity contribution < 1.29 is 40.3 Å². The maximum Gasteiger partial charge on any atom is 0.420 e. The highest BCUT2D eigenvalue weighted by atomic mass is 32.2. The van der Waals surface area contributed by atoms with E-state index >= 15 is 0 Å². The molecule has 3 rings (SSSR count). The molecule has 0 atom stereocenters. The van der Waals surface area contributed by atoms with Crippen LogP contribution in [-0.4, -0.2) is 34.9 Å². The van der Waals surface area contributed by atoms with Crippen molar-refractivity contribution in [2.45, 2.75) is 18.9 Å². The lowest BCUT2D eigenvalue weighted by Crippen LogP contribution is -2.30. The van der Waals surface area contributed by atoms with Crippen LogP contribution in [0.15, 0.2) is 48.8 Å². The quantitative estimate of drug-likeness (QED) is 0.338. The number of aryl methyl sites for hydroxylation is 1. The molecule has 0 radical (unpaired) electrons. The van der Waals surface area contributed by atoms with Gasteiger partial charge in [0, 0.05) is 42.4 Å². The molecule has 0 N–H and O–H groups in total. The number of aromatic nitrogens is 2. The van der Waals surface area contributed by atoms with Gasteiger partial charge in [0.2, 0.25) is 0 Å². The second-order valence-corrected chi connectivity index (χ2v) is 8.27. The normalized spacial score (nSPS) is 12.0. The minimum Gasteiger partial charge on any atom is -0.409 e. The number of anilines is 1. The molecule has 5 nitrogen and oxygen atoms in total. The zero-order valence-corrected chi connectivity index (χ0v) is 19.1. The van der Waals surface area contributed by atoms with E-state index in [-0.39, 0.29) is 17.3 Å². The standard InChI is InChI=1S/C22H18F7N3O2S/c1-31(16-5-3-15(23)4-6-16)20(33)34-19-17(13-11-30-32(12-13)7-8-35-2)9-14(21(24,25)26)10-18(19)22(27,28)29/h3-6,9-12H,7-8H2,1-2H3. The summed E-state index contributed by atoms with van der Waals surface area (Å²) in [5.41, 5.74) is -3.97. The van der Waals surface area contributed by atoms with Crippen molar-refractivity contribution in [3.63, 3.8) is 0 Å². The summed E-state index contributed by atoms with van der Waals surface area (Å²) in [6.07, 6.45) is -7.52. The van der Waals surface area contributed by atoms with E-state index in [1.165, 1.54) is 34.8 Å². The second kappa shape index (κ2) is 10.2. The van der Waals surface area contributed by atoms with Crippen molar-refractivity contribution in [2.24, 2.45) is 0 Å². The minimum absolute atomic E-state index is 0.0864. The van der Waals surface area contributed by atoms with Gasteiger partial charge in [-0.05, 0) is 42.7 Å². The monoisotopic (exact) mass is 521 g/mol. The Hall–Kier alpha value is -3.22. The Bertz CT molecular complexity index is 1190. The average molecular weight is 521 g/mol. The van der Waals surface area contributed by atoms with E-state index in [1.807, 2.05) is 6.26 Å². The molecule has 188 valence electrons. The molecule has 0 aliphatic carbocycles. The van der Waals surface area contributed by atoms with E-state index in [1.54, 1.807) is 0 Å². The Morgan fingerprint density at radius 2 is 1.74 bits per heavy atom. The predicted octanol–water partition coefficient (Wildman–Crippen LogP) is 6.73. The van der Waals surface area contributed by atoms with E-state index in [4.69, 9.17) is 4.74 Å². The van der Waals surface area contributed by atoms with Gasteiger partial charge in [0.05, 0.1) is 17.3 Å². The fourth-order valence-electron chi connectivity index (χ4n) is 3.06. The van der Waals surface area contributed by atoms with Gasteiger partial charge in [-0.1, -0.05) is 0 Å². The van der Waals surface area contributed by atoms with Crippen LogP contribution in [0.3, 0.4) is 0 Å². The van der Waals surface area contributed by atoms with Crippen molar-refractivity contribution in [2.75, 3.05) is 24.0 Å². The molecule has 1 aromatic heterocycles. The van der Waals surface area contributed by atoms with Gasteiger partial charge < -0.3 is 4.74 Å². The zero-order chi connectivity index (χ0) is 26.0. The van der Waals surface area contributed by atoms with Crippen LogP contribution in [0.5, 0.6) is 5.75 Å². The summed E-state index contributed by atoms with van der Waals surface area (Å²) >= 11 is 1.47. The lowest BCUT2D eigenvalue weighted by atomic mass is 9.99. The number of halogens is 7. The van der Waals surface area contributed by atoms with Gasteiger partial charge in [-0.15, -0.1) is 0 Å². The lowest BCUT2D eigenvalue weighted by Gasteiger charge is -2.22. The van der Waals surface area contributed by atoms with Crippen LogP contribution in [0.25, 0.3) is 11.1 Å². The van der Waals surface area contributed by atoms with Crippen LogP contribution in [-0.2, 0) is 18.9 Å². The third kappa shape index (κ3) is 6.27. The first kappa shape index (κ1) is 26.4. The van der Waals surface area contributed by atoms with Crippen molar-refractivity contribution in [1.82, 2.24) is 9.78 Å². The molecule has 0 fully saturated rings. The Labute approximate surface area is 199 Å². The molecule has 13 heteroatoms. The molecule has 1 amide bonds. The van der Waals surface area contributed by atoms with E-state index < -0.39 is 46.7 Å². The first-order valence-electron chi connectivity index (χ1n) is 9.86. The van der Waals surface area contributed by atoms with Gasteiger partial charge >= 0.3 is 18.4 Å². The summed E-state index contributed by atoms with van der Waals surface area (Å²) in [7, 11) is 1.16. The molecule has 0 saturated heterocycles. The van der Waals surface area contributed by atoms with Gasteiger partial charge in [-0.2, -0.15) is 43.2 Å². The third-order valence-electron chi connectivity index (χ3n) is 4.87. The summed E-state index contributed by atoms with van der Waals surface area (Å²) in [6.45, 7) is 0.356. The first-order chi connectivity index (χ1) is 16.3. The van der Waals surface area contributed by atoms with E-state index in [0.29, 0.717) is 18.4 Å². The number of hydrogen-bond acceptors (Lipinski definition) is 4. The van der Waals surface area contributed by atoms with Crippen LogP contribution < -0.4 is 9.64 Å². The molecule has 35 heavy (non-hydrogen) atoms. The number of nitrogens with zero attached hydrogens (tertiary/aromatic N) is 3. The zero-order valence-electron chi connectivity index (χ0n) is 18.2. The number of thioether (sulfide) groups is 1. The Morgan fingerprint density at radius 1 is 1.09 bits per heavy atom. The van der Waals surface area contributed by atoms with Crippen molar-refractivity contribution in [3.8, 4) is 16.9 Å². The number of alkyl halides is 6. The van der Waals surface area contributed by atoms with Crippen LogP contribution in [0, 0.1) is 5.82 Å². The van der Waals surface area contributed by atoms with Crippen molar-refractivity contribution >= 4 is 23.5 Å². The van der Waals surface area contributed by atoms with Crippen molar-refractivity contribution in [1.29, 1.82) is 0 Å². The Morgan fingerprint density at radius 3 is 2.31 bits per heavy atom. The van der Waals surface area contributed by atoms with Crippen LogP contribution in [0.4, 0.5) is 41.2 Å². The number of carbonyl (C=O) groups excluding carboxylic acids is 1. The van der Waals surface area contributed by atoms with Gasteiger partial charge in [-0.25, -0.2) is 9.18 Å². The number of amides is 1. The first-order valence-corrected chi connectivity index (χ1v) is 11.3. The molecule has 3 aromatic rings. The molecule has 0 spiro atoms. The molecular formula is C22H18F7N3O2S. The van der Waals surface area contributed by atoms with Crippen LogP contribution in [0.2, 0.25) is 0 Å². The molecule has 0 aliphatic heterocycles. The fourth-order valence-corrected chi connectivity index (χ4v) is 3.43. The van der Waals surface area contributed by atoms with Crippen LogP contribution >= 0.6 is 11.8 Å². The SMILES string of the molecule is CSCCn1cc(-c2cc(C(F)(F)F)cc(C(F)(F)F)c2OC(=O)N(C)c2ccc(F)cc2)cn1. The predicted molar refractivity (Wildman–Crippen MR) is 117 cm³/mol. The Balaban J connectivity index is 2.14. The van der Waals surface area contributed by atoms with Gasteiger partial charge in [0.1, 0.15) is 5.82 Å². The minimum atomic E-state index is -5.28. The molecule has 0 saturated carbocycles. The molecule has 0 bridgehead atoms. The molecular weight excluding hydrogens is 503 g/mol. The molecule has 2 aromatic carbocycles. The number of benzene rings is 2. The number of rotatable bonds is 6. The summed E-state index contributed by atoms with van der Waals surface area (Å²) < 4.78 is 102. The summed E-state index contributed by atoms with van der Waals surface area (Å²) in [4.78, 5) is 13.5. The average Bonchev–Trinajstić information content (AvgIpc) is 3.25. The highest BCUT2D eigenvalue weighted by Gasteiger charge is 2.41. The molecule has 0 unspecified atom stereocenters. The largest absolute Gasteiger partial charge is 0.420 e. The number of ether oxygens (including phenoxy) is 1. The number of hydrogen-bond donors (Lipinski definition) is 0. The Kier molecular flexibility index (Phi) is 7.68. The van der Waals surface area contributed by atoms with Crippen LogP contribution in [0.1, 0.15) is 11.1 Å². The maximum atomic E-state index is 13.9. The number of carbonyl (C=O) groups is 1. The summed E-state index contributed by atoms with van der Waals surface area (Å²) in [5, 5.41) is 3.98. The van der Waals surface area contributed by atoms with E-state index in [9.17, 15) is 35.5 Å². The smallest absolute Gasteiger partial charge is 0.409 e. The summed E-state index contributed by atoms with van der Waals surface area (Å²) in [5.74, 6) is -1.12. The van der Waals surface area contributed by atoms with Gasteiger partial charge in [-0.3, -0.25) is 9.58 Å². The fraction of sp³-hybridized carbons (Fsp3) is 0.273.